The Balaban J connectivity index is 2.22. The van der Waals surface area contributed by atoms with Crippen LogP contribution in [0.4, 0.5) is 0 Å². The van der Waals surface area contributed by atoms with Crippen molar-refractivity contribution in [3.05, 3.63) is 24.3 Å². The number of sulfonamides is 1. The van der Waals surface area contributed by atoms with Gasteiger partial charge in [-0.2, -0.15) is 0 Å². The molecule has 0 saturated carbocycles. The first-order valence-corrected chi connectivity index (χ1v) is 6.72. The Morgan fingerprint density at radius 3 is 2.88 bits per heavy atom. The minimum absolute atomic E-state index is 0.0753. The van der Waals surface area contributed by atoms with E-state index in [0.29, 0.717) is 19.6 Å². The third kappa shape index (κ3) is 5.15. The average molecular weight is 244 g/mol. The molecule has 0 aliphatic rings. The lowest BCUT2D eigenvalue weighted by atomic mass is 10.4. The zero-order valence-corrected chi connectivity index (χ0v) is 10.00. The van der Waals surface area contributed by atoms with Gasteiger partial charge in [-0.3, -0.25) is 0 Å². The summed E-state index contributed by atoms with van der Waals surface area (Å²) in [6, 6.07) is 1.78. The summed E-state index contributed by atoms with van der Waals surface area (Å²) in [6.07, 6.45) is 3.12. The fraction of sp³-hybridized carbons (Fsp3) is 0.556. The molecule has 0 spiro atoms. The molecule has 1 aromatic heterocycles. The van der Waals surface area contributed by atoms with E-state index in [0.717, 1.165) is 5.69 Å². The number of nitrogens with one attached hydrogen (secondary N) is 2. The fourth-order valence-electron chi connectivity index (χ4n) is 1.14. The maximum atomic E-state index is 11.3. The van der Waals surface area contributed by atoms with Gasteiger partial charge in [0.05, 0.1) is 11.4 Å². The third-order valence-corrected chi connectivity index (χ3v) is 3.33. The predicted octanol–water partition coefficient (Wildman–Crippen LogP) is -0.494. The summed E-state index contributed by atoms with van der Waals surface area (Å²) in [6.45, 7) is 3.13. The van der Waals surface area contributed by atoms with Gasteiger partial charge in [0.25, 0.3) is 0 Å². The molecule has 0 fully saturated rings. The first-order valence-electron chi connectivity index (χ1n) is 5.07. The van der Waals surface area contributed by atoms with Gasteiger partial charge >= 0.3 is 0 Å². The van der Waals surface area contributed by atoms with Crippen LogP contribution in [0.3, 0.4) is 0 Å². The SMILES string of the molecule is CCNS(=O)(=O)CCNCc1ccncn1. The van der Waals surface area contributed by atoms with Gasteiger partial charge in [-0.25, -0.2) is 23.1 Å². The highest BCUT2D eigenvalue weighted by atomic mass is 32.2. The molecule has 6 nitrogen and oxygen atoms in total. The van der Waals surface area contributed by atoms with Gasteiger partial charge in [0, 0.05) is 25.8 Å². The van der Waals surface area contributed by atoms with E-state index >= 15 is 0 Å². The number of hydrogen-bond acceptors (Lipinski definition) is 5. The molecule has 1 heterocycles. The molecule has 2 N–H and O–H groups in total. The Morgan fingerprint density at radius 1 is 1.44 bits per heavy atom. The van der Waals surface area contributed by atoms with E-state index < -0.39 is 10.0 Å². The van der Waals surface area contributed by atoms with Gasteiger partial charge in [-0.05, 0) is 6.07 Å². The van der Waals surface area contributed by atoms with E-state index in [4.69, 9.17) is 0 Å². The van der Waals surface area contributed by atoms with Crippen LogP contribution in [0.5, 0.6) is 0 Å². The molecule has 0 aliphatic heterocycles. The summed E-state index contributed by atoms with van der Waals surface area (Å²) in [5, 5.41) is 3.01. The van der Waals surface area contributed by atoms with Crippen molar-refractivity contribution in [1.29, 1.82) is 0 Å². The Hall–Kier alpha value is -1.05. The zero-order chi connectivity index (χ0) is 11.9. The Morgan fingerprint density at radius 2 is 2.25 bits per heavy atom. The lowest BCUT2D eigenvalue weighted by Gasteiger charge is -2.05. The largest absolute Gasteiger partial charge is 0.310 e. The molecule has 7 heteroatoms. The van der Waals surface area contributed by atoms with Gasteiger partial charge in [0.1, 0.15) is 6.33 Å². The van der Waals surface area contributed by atoms with E-state index in [2.05, 4.69) is 20.0 Å². The first-order chi connectivity index (χ1) is 7.64. The van der Waals surface area contributed by atoms with E-state index in [1.807, 2.05) is 0 Å². The maximum absolute atomic E-state index is 11.3. The number of hydrogen-bond donors (Lipinski definition) is 2. The topological polar surface area (TPSA) is 84.0 Å². The smallest absolute Gasteiger partial charge is 0.212 e. The van der Waals surface area contributed by atoms with Crippen molar-refractivity contribution in [1.82, 2.24) is 20.0 Å². The molecular weight excluding hydrogens is 228 g/mol. The van der Waals surface area contributed by atoms with Gasteiger partial charge in [-0.1, -0.05) is 6.92 Å². The Labute approximate surface area is 95.6 Å². The van der Waals surface area contributed by atoms with Gasteiger partial charge in [-0.15, -0.1) is 0 Å². The summed E-state index contributed by atoms with van der Waals surface area (Å²) in [5.74, 6) is 0.0753. The lowest BCUT2D eigenvalue weighted by Crippen LogP contribution is -2.31. The van der Waals surface area contributed by atoms with Crippen LogP contribution in [-0.2, 0) is 16.6 Å². The Bertz CT molecular complexity index is 393. The van der Waals surface area contributed by atoms with Crippen molar-refractivity contribution in [3.8, 4) is 0 Å². The molecule has 1 aromatic rings. The van der Waals surface area contributed by atoms with E-state index in [-0.39, 0.29) is 5.75 Å². The highest BCUT2D eigenvalue weighted by Gasteiger charge is 2.06. The first kappa shape index (κ1) is 13.0. The molecule has 0 amide bonds. The van der Waals surface area contributed by atoms with Crippen LogP contribution < -0.4 is 10.0 Å². The zero-order valence-electron chi connectivity index (χ0n) is 9.18. The van der Waals surface area contributed by atoms with Crippen LogP contribution in [0.25, 0.3) is 0 Å². The summed E-state index contributed by atoms with van der Waals surface area (Å²) in [4.78, 5) is 7.80. The molecule has 0 unspecified atom stereocenters. The van der Waals surface area contributed by atoms with Gasteiger partial charge in [0.2, 0.25) is 10.0 Å². The number of nitrogens with zero attached hydrogens (tertiary/aromatic N) is 2. The predicted molar refractivity (Wildman–Crippen MR) is 61.2 cm³/mol. The van der Waals surface area contributed by atoms with Crippen LogP contribution in [0.1, 0.15) is 12.6 Å². The molecule has 0 aliphatic carbocycles. The van der Waals surface area contributed by atoms with Crippen LogP contribution in [-0.4, -0.2) is 37.2 Å². The monoisotopic (exact) mass is 244 g/mol. The van der Waals surface area contributed by atoms with E-state index in [1.54, 1.807) is 19.2 Å². The number of aromatic nitrogens is 2. The van der Waals surface area contributed by atoms with Crippen molar-refractivity contribution in [3.63, 3.8) is 0 Å². The standard InChI is InChI=1S/C9H16N4O2S/c1-2-13-16(14,15)6-5-10-7-9-3-4-11-8-12-9/h3-4,8,10,13H,2,5-7H2,1H3. The minimum Gasteiger partial charge on any atom is -0.310 e. The molecule has 0 saturated heterocycles. The fourth-order valence-corrected chi connectivity index (χ4v) is 2.13. The summed E-state index contributed by atoms with van der Waals surface area (Å²) < 4.78 is 25.0. The normalized spacial score (nSPS) is 11.6. The molecule has 1 rings (SSSR count). The van der Waals surface area contributed by atoms with Crippen molar-refractivity contribution < 1.29 is 8.42 Å². The molecule has 0 aromatic carbocycles. The number of rotatable bonds is 7. The maximum Gasteiger partial charge on any atom is 0.212 e. The van der Waals surface area contributed by atoms with Crippen molar-refractivity contribution in [2.24, 2.45) is 0 Å². The quantitative estimate of drug-likeness (QED) is 0.632. The molecule has 0 bridgehead atoms. The second kappa shape index (κ2) is 6.51. The second-order valence-electron chi connectivity index (χ2n) is 3.19. The van der Waals surface area contributed by atoms with Gasteiger partial charge in [0.15, 0.2) is 0 Å². The van der Waals surface area contributed by atoms with E-state index in [1.165, 1.54) is 6.33 Å². The minimum atomic E-state index is -3.13. The van der Waals surface area contributed by atoms with Crippen LogP contribution >= 0.6 is 0 Å². The van der Waals surface area contributed by atoms with Crippen molar-refractivity contribution >= 4 is 10.0 Å². The highest BCUT2D eigenvalue weighted by Crippen LogP contribution is 1.89. The Kier molecular flexibility index (Phi) is 5.30. The average Bonchev–Trinajstić information content (AvgIpc) is 2.26. The van der Waals surface area contributed by atoms with Crippen LogP contribution in [0, 0.1) is 0 Å². The van der Waals surface area contributed by atoms with Gasteiger partial charge < -0.3 is 5.32 Å². The highest BCUT2D eigenvalue weighted by molar-refractivity contribution is 7.89. The second-order valence-corrected chi connectivity index (χ2v) is 5.12. The van der Waals surface area contributed by atoms with E-state index in [9.17, 15) is 8.42 Å². The summed E-state index contributed by atoms with van der Waals surface area (Å²) in [5.41, 5.74) is 0.843. The lowest BCUT2D eigenvalue weighted by molar-refractivity contribution is 0.578. The van der Waals surface area contributed by atoms with Crippen molar-refractivity contribution in [2.45, 2.75) is 13.5 Å². The summed E-state index contributed by atoms with van der Waals surface area (Å²) >= 11 is 0. The van der Waals surface area contributed by atoms with Crippen LogP contribution in [0.15, 0.2) is 18.6 Å². The molecule has 16 heavy (non-hydrogen) atoms. The summed E-state index contributed by atoms with van der Waals surface area (Å²) in [7, 11) is -3.13. The molecule has 0 atom stereocenters. The molecular formula is C9H16N4O2S. The molecule has 0 radical (unpaired) electrons. The third-order valence-electron chi connectivity index (χ3n) is 1.86. The van der Waals surface area contributed by atoms with Crippen molar-refractivity contribution in [2.75, 3.05) is 18.8 Å². The molecule has 90 valence electrons. The van der Waals surface area contributed by atoms with Crippen LogP contribution in [0.2, 0.25) is 0 Å².